The molecule has 0 unspecified atom stereocenters. The van der Waals surface area contributed by atoms with Gasteiger partial charge >= 0.3 is 0 Å². The number of ether oxygens (including phenoxy) is 1. The second kappa shape index (κ2) is 7.31. The highest BCUT2D eigenvalue weighted by molar-refractivity contribution is 9.10. The van der Waals surface area contributed by atoms with Gasteiger partial charge in [0.1, 0.15) is 11.2 Å². The highest BCUT2D eigenvalue weighted by Crippen LogP contribution is 2.32. The van der Waals surface area contributed by atoms with Gasteiger partial charge in [0.05, 0.1) is 12.8 Å². The Labute approximate surface area is 132 Å². The van der Waals surface area contributed by atoms with Crippen LogP contribution in [0.2, 0.25) is 0 Å². The second-order valence-electron chi connectivity index (χ2n) is 4.57. The minimum atomic E-state index is -1.04. The third-order valence-corrected chi connectivity index (χ3v) is 4.35. The minimum absolute atomic E-state index is 0.0935. The molecule has 0 aromatic heterocycles. The number of anilines is 1. The van der Waals surface area contributed by atoms with Gasteiger partial charge in [-0.3, -0.25) is 4.79 Å². The van der Waals surface area contributed by atoms with Crippen LogP contribution in [0.15, 0.2) is 27.8 Å². The van der Waals surface area contributed by atoms with E-state index in [2.05, 4.69) is 26.4 Å². The fourth-order valence-electron chi connectivity index (χ4n) is 2.11. The lowest BCUT2D eigenvalue weighted by atomic mass is 9.80. The number of oxime groups is 1. The number of hydrogen-bond donors (Lipinski definition) is 3. The first-order valence-corrected chi connectivity index (χ1v) is 7.37. The molecular weight excluding hydrogens is 338 g/mol. The number of benzene rings is 1. The van der Waals surface area contributed by atoms with Crippen LogP contribution in [0.3, 0.4) is 0 Å². The van der Waals surface area contributed by atoms with Crippen molar-refractivity contribution >= 4 is 33.4 Å². The molecule has 116 valence electrons. The predicted octanol–water partition coefficient (Wildman–Crippen LogP) is 2.95. The molecule has 0 bridgehead atoms. The Hall–Kier alpha value is -1.76. The summed E-state index contributed by atoms with van der Waals surface area (Å²) in [5.41, 5.74) is 5.25. The number of hydrogen-bond acceptors (Lipinski definition) is 4. The zero-order valence-electron chi connectivity index (χ0n) is 12.3. The molecule has 1 aromatic rings. The van der Waals surface area contributed by atoms with Crippen molar-refractivity contribution in [1.29, 1.82) is 0 Å². The molecule has 0 fully saturated rings. The van der Waals surface area contributed by atoms with Crippen LogP contribution in [0.25, 0.3) is 0 Å². The van der Waals surface area contributed by atoms with E-state index in [-0.39, 0.29) is 11.7 Å². The van der Waals surface area contributed by atoms with Crippen LogP contribution in [-0.4, -0.2) is 24.1 Å². The lowest BCUT2D eigenvalue weighted by Gasteiger charge is -2.28. The van der Waals surface area contributed by atoms with Crippen molar-refractivity contribution in [3.63, 3.8) is 0 Å². The summed E-state index contributed by atoms with van der Waals surface area (Å²) in [6, 6.07) is 5.25. The monoisotopic (exact) mass is 357 g/mol. The van der Waals surface area contributed by atoms with E-state index in [1.54, 1.807) is 25.3 Å². The summed E-state index contributed by atoms with van der Waals surface area (Å²) in [4.78, 5) is 12.6. The highest BCUT2D eigenvalue weighted by Gasteiger charge is 2.40. The van der Waals surface area contributed by atoms with Crippen LogP contribution in [0, 0.1) is 5.41 Å². The van der Waals surface area contributed by atoms with E-state index in [1.807, 2.05) is 13.8 Å². The molecule has 6 nitrogen and oxygen atoms in total. The number of rotatable bonds is 6. The van der Waals surface area contributed by atoms with Crippen molar-refractivity contribution in [3.05, 3.63) is 22.7 Å². The minimum Gasteiger partial charge on any atom is -0.497 e. The maximum absolute atomic E-state index is 12.6. The third-order valence-electron chi connectivity index (χ3n) is 3.66. The fraction of sp³-hybridized carbons (Fsp3) is 0.429. The van der Waals surface area contributed by atoms with E-state index in [0.717, 1.165) is 4.47 Å². The van der Waals surface area contributed by atoms with Gasteiger partial charge in [0.15, 0.2) is 5.84 Å². The Balaban J connectivity index is 3.13. The molecule has 7 heteroatoms. The van der Waals surface area contributed by atoms with E-state index < -0.39 is 5.41 Å². The molecule has 0 atom stereocenters. The molecule has 4 N–H and O–H groups in total. The standard InChI is InChI=1S/C14H20BrN3O3/c1-4-14(5-2,12(16)18-20)13(19)17-11-8-9(21-3)6-7-10(11)15/h6-8,20H,4-5H2,1-3H3,(H2,16,18)(H,17,19). The van der Waals surface area contributed by atoms with Crippen molar-refractivity contribution in [1.82, 2.24) is 0 Å². The number of halogens is 1. The van der Waals surface area contributed by atoms with Crippen molar-refractivity contribution < 1.29 is 14.7 Å². The van der Waals surface area contributed by atoms with E-state index in [0.29, 0.717) is 24.3 Å². The molecule has 1 rings (SSSR count). The van der Waals surface area contributed by atoms with Crippen LogP contribution < -0.4 is 15.8 Å². The lowest BCUT2D eigenvalue weighted by molar-refractivity contribution is -0.122. The molecule has 0 radical (unpaired) electrons. The predicted molar refractivity (Wildman–Crippen MR) is 85.7 cm³/mol. The Morgan fingerprint density at radius 1 is 1.48 bits per heavy atom. The van der Waals surface area contributed by atoms with E-state index in [4.69, 9.17) is 15.7 Å². The van der Waals surface area contributed by atoms with Gasteiger partial charge in [-0.1, -0.05) is 19.0 Å². The topological polar surface area (TPSA) is 96.9 Å². The summed E-state index contributed by atoms with van der Waals surface area (Å²) in [6.45, 7) is 3.64. The van der Waals surface area contributed by atoms with Crippen molar-refractivity contribution in [3.8, 4) is 5.75 Å². The van der Waals surface area contributed by atoms with Crippen LogP contribution in [0.1, 0.15) is 26.7 Å². The van der Waals surface area contributed by atoms with Crippen LogP contribution in [0.5, 0.6) is 5.75 Å². The quantitative estimate of drug-likeness (QED) is 0.315. The maximum Gasteiger partial charge on any atom is 0.238 e. The van der Waals surface area contributed by atoms with Gasteiger partial charge in [-0.05, 0) is 40.9 Å². The number of nitrogens with two attached hydrogens (primary N) is 1. The molecule has 0 aliphatic heterocycles. The average Bonchev–Trinajstić information content (AvgIpc) is 2.50. The SMILES string of the molecule is CCC(CC)(C(=O)Nc1cc(OC)ccc1Br)C(N)=NO. The first kappa shape index (κ1) is 17.3. The Morgan fingerprint density at radius 3 is 2.57 bits per heavy atom. The van der Waals surface area contributed by atoms with Crippen LogP contribution in [0.4, 0.5) is 5.69 Å². The molecule has 1 amide bonds. The van der Waals surface area contributed by atoms with Crippen molar-refractivity contribution in [2.45, 2.75) is 26.7 Å². The van der Waals surface area contributed by atoms with Crippen LogP contribution in [-0.2, 0) is 4.79 Å². The van der Waals surface area contributed by atoms with Crippen molar-refractivity contribution in [2.75, 3.05) is 12.4 Å². The average molecular weight is 358 g/mol. The zero-order chi connectivity index (χ0) is 16.0. The molecule has 0 heterocycles. The molecule has 0 aliphatic carbocycles. The normalized spacial score (nSPS) is 12.1. The number of methoxy groups -OCH3 is 1. The zero-order valence-corrected chi connectivity index (χ0v) is 13.9. The first-order chi connectivity index (χ1) is 9.94. The van der Waals surface area contributed by atoms with Gasteiger partial charge in [0, 0.05) is 10.5 Å². The van der Waals surface area contributed by atoms with E-state index >= 15 is 0 Å². The van der Waals surface area contributed by atoms with Gasteiger partial charge < -0.3 is 21.0 Å². The largest absolute Gasteiger partial charge is 0.497 e. The van der Waals surface area contributed by atoms with Gasteiger partial charge in [0.25, 0.3) is 0 Å². The first-order valence-electron chi connectivity index (χ1n) is 6.58. The fourth-order valence-corrected chi connectivity index (χ4v) is 2.46. The summed E-state index contributed by atoms with van der Waals surface area (Å²) < 4.78 is 5.86. The Kier molecular flexibility index (Phi) is 6.02. The van der Waals surface area contributed by atoms with Gasteiger partial charge in [-0.15, -0.1) is 0 Å². The molecule has 0 saturated carbocycles. The lowest BCUT2D eigenvalue weighted by Crippen LogP contribution is -2.46. The highest BCUT2D eigenvalue weighted by atomic mass is 79.9. The summed E-state index contributed by atoms with van der Waals surface area (Å²) >= 11 is 3.37. The molecular formula is C14H20BrN3O3. The molecule has 0 saturated heterocycles. The van der Waals surface area contributed by atoms with Crippen molar-refractivity contribution in [2.24, 2.45) is 16.3 Å². The summed E-state index contributed by atoms with van der Waals surface area (Å²) in [6.07, 6.45) is 0.847. The van der Waals surface area contributed by atoms with Gasteiger partial charge in [-0.25, -0.2) is 0 Å². The Morgan fingerprint density at radius 2 is 2.10 bits per heavy atom. The molecule has 21 heavy (non-hydrogen) atoms. The summed E-state index contributed by atoms with van der Waals surface area (Å²) in [7, 11) is 1.55. The molecule has 0 spiro atoms. The van der Waals surface area contributed by atoms with Gasteiger partial charge in [0.2, 0.25) is 5.91 Å². The number of carbonyl (C=O) groups is 1. The third kappa shape index (κ3) is 3.47. The summed E-state index contributed by atoms with van der Waals surface area (Å²) in [5.74, 6) is 0.205. The van der Waals surface area contributed by atoms with Crippen LogP contribution >= 0.6 is 15.9 Å². The summed E-state index contributed by atoms with van der Waals surface area (Å²) in [5, 5.41) is 14.8. The smallest absolute Gasteiger partial charge is 0.238 e. The van der Waals surface area contributed by atoms with E-state index in [9.17, 15) is 4.79 Å². The maximum atomic E-state index is 12.6. The number of nitrogens with one attached hydrogen (secondary N) is 1. The second-order valence-corrected chi connectivity index (χ2v) is 5.43. The number of amides is 1. The number of nitrogens with zero attached hydrogens (tertiary/aromatic N) is 1. The molecule has 1 aromatic carbocycles. The van der Waals surface area contributed by atoms with E-state index in [1.165, 1.54) is 0 Å². The molecule has 0 aliphatic rings. The number of amidine groups is 1. The van der Waals surface area contributed by atoms with Gasteiger partial charge in [-0.2, -0.15) is 0 Å². The number of carbonyl (C=O) groups excluding carboxylic acids is 1. The Bertz CT molecular complexity index is 542.